The first-order chi connectivity index (χ1) is 13.2. The average Bonchev–Trinajstić information content (AvgIpc) is 3.20. The van der Waals surface area contributed by atoms with Crippen molar-refractivity contribution in [3.05, 3.63) is 28.2 Å². The predicted molar refractivity (Wildman–Crippen MR) is 109 cm³/mol. The molecule has 3 aliphatic rings. The van der Waals surface area contributed by atoms with Crippen LogP contribution < -0.4 is 10.6 Å². The van der Waals surface area contributed by atoms with Gasteiger partial charge in [-0.25, -0.2) is 0 Å². The summed E-state index contributed by atoms with van der Waals surface area (Å²) in [5.41, 5.74) is 0.255. The molecule has 2 N–H and O–H groups in total. The third-order valence-corrected chi connectivity index (χ3v) is 6.96. The van der Waals surface area contributed by atoms with Gasteiger partial charge in [0.05, 0.1) is 11.8 Å². The van der Waals surface area contributed by atoms with Crippen molar-refractivity contribution in [2.24, 2.45) is 17.8 Å². The van der Waals surface area contributed by atoms with Crippen molar-refractivity contribution in [3.63, 3.8) is 0 Å². The molecular weight excluding hydrogens is 422 g/mol. The first kappa shape index (κ1) is 19.6. The standard InChI is InChI=1S/C21H26BrN3O3/c1-5-11(4)25-18(26)16-15(8-10(2)3)24-21(17(16)19(25)27)13-9-12(22)6-7-14(13)23-20(21)28/h6-7,9-11,15-17,24H,5,8H2,1-4H3,(H,23,28)/t11-,15+,16+,17-,21-/m0/s1. The van der Waals surface area contributed by atoms with E-state index in [9.17, 15) is 14.4 Å². The fourth-order valence-corrected chi connectivity index (χ4v) is 5.48. The number of hydrogen-bond donors (Lipinski definition) is 2. The molecule has 7 heteroatoms. The van der Waals surface area contributed by atoms with Gasteiger partial charge in [-0.15, -0.1) is 0 Å². The van der Waals surface area contributed by atoms with Crippen LogP contribution in [0, 0.1) is 17.8 Å². The van der Waals surface area contributed by atoms with Gasteiger partial charge in [0.1, 0.15) is 5.54 Å². The Kier molecular flexibility index (Phi) is 4.66. The summed E-state index contributed by atoms with van der Waals surface area (Å²) >= 11 is 3.49. The number of carbonyl (C=O) groups excluding carboxylic acids is 3. The Labute approximate surface area is 173 Å². The van der Waals surface area contributed by atoms with E-state index in [0.717, 1.165) is 16.5 Å². The van der Waals surface area contributed by atoms with Crippen LogP contribution in [0.4, 0.5) is 5.69 Å². The molecule has 3 heterocycles. The molecule has 0 radical (unpaired) electrons. The van der Waals surface area contributed by atoms with E-state index in [-0.39, 0.29) is 29.8 Å². The lowest BCUT2D eigenvalue weighted by Gasteiger charge is -2.31. The number of anilines is 1. The lowest BCUT2D eigenvalue weighted by atomic mass is 9.76. The first-order valence-electron chi connectivity index (χ1n) is 9.98. The topological polar surface area (TPSA) is 78.5 Å². The van der Waals surface area contributed by atoms with Gasteiger partial charge in [-0.3, -0.25) is 24.6 Å². The SMILES string of the molecule is CC[C@H](C)N1C(=O)[C@H]2[C@@H](C1=O)[C@]1(N[C@@H]2CC(C)C)C(=O)Nc2ccc(Br)cc21. The second-order valence-electron chi connectivity index (χ2n) is 8.64. The Morgan fingerprint density at radius 2 is 1.89 bits per heavy atom. The largest absolute Gasteiger partial charge is 0.324 e. The zero-order valence-electron chi connectivity index (χ0n) is 16.6. The minimum atomic E-state index is -1.20. The van der Waals surface area contributed by atoms with Crippen molar-refractivity contribution >= 4 is 39.3 Å². The summed E-state index contributed by atoms with van der Waals surface area (Å²) in [4.78, 5) is 41.5. The molecule has 150 valence electrons. The van der Waals surface area contributed by atoms with E-state index in [1.165, 1.54) is 4.90 Å². The van der Waals surface area contributed by atoms with Crippen LogP contribution in [-0.4, -0.2) is 34.7 Å². The van der Waals surface area contributed by atoms with Gasteiger partial charge in [-0.05, 0) is 43.9 Å². The number of imide groups is 1. The molecule has 0 bridgehead atoms. The minimum absolute atomic E-state index is 0.143. The minimum Gasteiger partial charge on any atom is -0.324 e. The van der Waals surface area contributed by atoms with E-state index in [1.807, 2.05) is 32.0 Å². The maximum atomic E-state index is 13.5. The molecule has 4 rings (SSSR count). The second-order valence-corrected chi connectivity index (χ2v) is 9.56. The molecule has 0 aliphatic carbocycles. The Morgan fingerprint density at radius 1 is 1.18 bits per heavy atom. The van der Waals surface area contributed by atoms with E-state index in [1.54, 1.807) is 0 Å². The van der Waals surface area contributed by atoms with E-state index < -0.39 is 17.4 Å². The van der Waals surface area contributed by atoms with Crippen LogP contribution in [0.2, 0.25) is 0 Å². The summed E-state index contributed by atoms with van der Waals surface area (Å²) < 4.78 is 0.836. The molecule has 0 unspecified atom stereocenters. The summed E-state index contributed by atoms with van der Waals surface area (Å²) in [6.45, 7) is 8.05. The maximum Gasteiger partial charge on any atom is 0.250 e. The second kappa shape index (κ2) is 6.66. The monoisotopic (exact) mass is 447 g/mol. The van der Waals surface area contributed by atoms with Crippen LogP contribution in [0.5, 0.6) is 0 Å². The van der Waals surface area contributed by atoms with Gasteiger partial charge >= 0.3 is 0 Å². The molecule has 2 saturated heterocycles. The normalized spacial score (nSPS) is 32.3. The third-order valence-electron chi connectivity index (χ3n) is 6.47. The van der Waals surface area contributed by atoms with Crippen LogP contribution in [0.15, 0.2) is 22.7 Å². The van der Waals surface area contributed by atoms with E-state index in [0.29, 0.717) is 18.0 Å². The van der Waals surface area contributed by atoms with Gasteiger partial charge in [0.2, 0.25) is 17.7 Å². The lowest BCUT2D eigenvalue weighted by Crippen LogP contribution is -2.54. The van der Waals surface area contributed by atoms with Crippen LogP contribution in [0.3, 0.4) is 0 Å². The number of fused-ring (bicyclic) bond motifs is 4. The zero-order chi connectivity index (χ0) is 20.4. The Bertz CT molecular complexity index is 870. The van der Waals surface area contributed by atoms with E-state index in [2.05, 4.69) is 40.4 Å². The van der Waals surface area contributed by atoms with Gasteiger partial charge in [0.25, 0.3) is 0 Å². The summed E-state index contributed by atoms with van der Waals surface area (Å²) in [6.07, 6.45) is 1.42. The zero-order valence-corrected chi connectivity index (χ0v) is 18.2. The number of benzene rings is 1. The Balaban J connectivity index is 1.89. The number of nitrogens with zero attached hydrogens (tertiary/aromatic N) is 1. The van der Waals surface area contributed by atoms with Gasteiger partial charge in [0, 0.05) is 27.8 Å². The van der Waals surface area contributed by atoms with Gasteiger partial charge < -0.3 is 5.32 Å². The summed E-state index contributed by atoms with van der Waals surface area (Å²) in [5.74, 6) is -1.51. The molecular formula is C21H26BrN3O3. The number of likely N-dealkylation sites (tertiary alicyclic amines) is 1. The molecule has 3 aliphatic heterocycles. The third kappa shape index (κ3) is 2.52. The van der Waals surface area contributed by atoms with Gasteiger partial charge in [-0.1, -0.05) is 36.7 Å². The molecule has 1 aromatic carbocycles. The molecule has 1 spiro atoms. The number of amides is 3. The number of nitrogens with one attached hydrogen (secondary N) is 2. The smallest absolute Gasteiger partial charge is 0.250 e. The van der Waals surface area contributed by atoms with E-state index in [4.69, 9.17) is 0 Å². The maximum absolute atomic E-state index is 13.5. The molecule has 0 aromatic heterocycles. The van der Waals surface area contributed by atoms with Crippen molar-refractivity contribution in [3.8, 4) is 0 Å². The van der Waals surface area contributed by atoms with Crippen molar-refractivity contribution in [1.82, 2.24) is 10.2 Å². The van der Waals surface area contributed by atoms with Crippen LogP contribution in [0.1, 0.15) is 46.1 Å². The molecule has 6 nitrogen and oxygen atoms in total. The molecule has 0 saturated carbocycles. The molecule has 3 amide bonds. The van der Waals surface area contributed by atoms with Crippen molar-refractivity contribution < 1.29 is 14.4 Å². The number of hydrogen-bond acceptors (Lipinski definition) is 4. The predicted octanol–water partition coefficient (Wildman–Crippen LogP) is 3.01. The van der Waals surface area contributed by atoms with Crippen LogP contribution in [0.25, 0.3) is 0 Å². The fourth-order valence-electron chi connectivity index (χ4n) is 5.12. The number of rotatable bonds is 4. The molecule has 28 heavy (non-hydrogen) atoms. The molecule has 5 atom stereocenters. The highest BCUT2D eigenvalue weighted by atomic mass is 79.9. The highest BCUT2D eigenvalue weighted by Gasteiger charge is 2.70. The highest BCUT2D eigenvalue weighted by molar-refractivity contribution is 9.10. The lowest BCUT2D eigenvalue weighted by molar-refractivity contribution is -0.145. The van der Waals surface area contributed by atoms with Crippen LogP contribution in [-0.2, 0) is 19.9 Å². The van der Waals surface area contributed by atoms with Crippen molar-refractivity contribution in [2.75, 3.05) is 5.32 Å². The van der Waals surface area contributed by atoms with Gasteiger partial charge in [-0.2, -0.15) is 0 Å². The van der Waals surface area contributed by atoms with Crippen molar-refractivity contribution in [2.45, 2.75) is 58.2 Å². The Hall–Kier alpha value is -1.73. The van der Waals surface area contributed by atoms with Crippen molar-refractivity contribution in [1.29, 1.82) is 0 Å². The fraction of sp³-hybridized carbons (Fsp3) is 0.571. The molecule has 1 aromatic rings. The summed E-state index contributed by atoms with van der Waals surface area (Å²) in [7, 11) is 0. The van der Waals surface area contributed by atoms with E-state index >= 15 is 0 Å². The quantitative estimate of drug-likeness (QED) is 0.695. The Morgan fingerprint density at radius 3 is 2.54 bits per heavy atom. The highest BCUT2D eigenvalue weighted by Crippen LogP contribution is 2.54. The van der Waals surface area contributed by atoms with Gasteiger partial charge in [0.15, 0.2) is 0 Å². The summed E-state index contributed by atoms with van der Waals surface area (Å²) in [6, 6.07) is 5.20. The first-order valence-corrected chi connectivity index (χ1v) is 10.8. The number of halogens is 1. The van der Waals surface area contributed by atoms with Crippen LogP contribution >= 0.6 is 15.9 Å². The number of carbonyl (C=O) groups is 3. The summed E-state index contributed by atoms with van der Waals surface area (Å²) in [5, 5.41) is 6.40. The average molecular weight is 448 g/mol. The molecule has 2 fully saturated rings.